The van der Waals surface area contributed by atoms with Gasteiger partial charge < -0.3 is 15.8 Å². The van der Waals surface area contributed by atoms with Crippen molar-refractivity contribution in [3.63, 3.8) is 0 Å². The van der Waals surface area contributed by atoms with Crippen LogP contribution in [0.25, 0.3) is 10.4 Å². The topological polar surface area (TPSA) is 115 Å². The molecule has 1 saturated carbocycles. The zero-order valence-corrected chi connectivity index (χ0v) is 18.6. The summed E-state index contributed by atoms with van der Waals surface area (Å²) < 4.78 is 19.6. The summed E-state index contributed by atoms with van der Waals surface area (Å²) in [5.41, 5.74) is 6.37. The Morgan fingerprint density at radius 1 is 1.42 bits per heavy atom. The van der Waals surface area contributed by atoms with Gasteiger partial charge >= 0.3 is 12.0 Å². The van der Waals surface area contributed by atoms with E-state index >= 15 is 0 Å². The Kier molecular flexibility index (Phi) is 8.13. The van der Waals surface area contributed by atoms with Crippen LogP contribution >= 0.6 is 0 Å². The van der Waals surface area contributed by atoms with Gasteiger partial charge in [-0.2, -0.15) is 9.24 Å². The van der Waals surface area contributed by atoms with E-state index in [0.717, 1.165) is 31.9 Å². The summed E-state index contributed by atoms with van der Waals surface area (Å²) in [7, 11) is 0. The van der Waals surface area contributed by atoms with Gasteiger partial charge in [0.05, 0.1) is 12.5 Å². The molecule has 0 bridgehead atoms. The molecule has 2 aliphatic rings. The van der Waals surface area contributed by atoms with Crippen molar-refractivity contribution in [1.29, 1.82) is 0 Å². The maximum atomic E-state index is 14.6. The van der Waals surface area contributed by atoms with Crippen LogP contribution < -0.4 is 11.1 Å². The number of carbonyl (C=O) groups is 2. The Morgan fingerprint density at radius 2 is 2.18 bits per heavy atom. The fraction of sp³-hybridized carbons (Fsp3) is 0.435. The summed E-state index contributed by atoms with van der Waals surface area (Å²) in [6.45, 7) is 5.91. The molecule has 2 amide bonds. The van der Waals surface area contributed by atoms with Crippen LogP contribution in [0.15, 0.2) is 36.8 Å². The number of ether oxygens (including phenoxy) is 1. The predicted molar refractivity (Wildman–Crippen MR) is 122 cm³/mol. The van der Waals surface area contributed by atoms with Gasteiger partial charge in [0.2, 0.25) is 11.7 Å². The highest BCUT2D eigenvalue weighted by Gasteiger charge is 2.25. The smallest absolute Gasteiger partial charge is 0.449 e. The molecule has 1 aromatic rings. The van der Waals surface area contributed by atoms with E-state index in [4.69, 9.17) is 10.5 Å². The molecular formula is C23H28FN6O3+. The minimum absolute atomic E-state index is 0.0202. The molecule has 0 aromatic carbocycles. The highest BCUT2D eigenvalue weighted by atomic mass is 19.1. The third kappa shape index (κ3) is 6.62. The van der Waals surface area contributed by atoms with E-state index in [1.165, 1.54) is 30.1 Å². The molecule has 2 fully saturated rings. The lowest BCUT2D eigenvalue weighted by Crippen LogP contribution is -2.39. The Morgan fingerprint density at radius 3 is 2.85 bits per heavy atom. The van der Waals surface area contributed by atoms with Gasteiger partial charge in [-0.25, -0.2) is 4.79 Å². The van der Waals surface area contributed by atoms with Gasteiger partial charge in [0.1, 0.15) is 18.1 Å². The average Bonchev–Trinajstić information content (AvgIpc) is 2.79. The fourth-order valence-corrected chi connectivity index (χ4v) is 3.76. The third-order valence-electron chi connectivity index (χ3n) is 5.37. The van der Waals surface area contributed by atoms with Crippen LogP contribution in [-0.4, -0.2) is 46.1 Å². The molecule has 2 heterocycles. The molecular weight excluding hydrogens is 427 g/mol. The summed E-state index contributed by atoms with van der Waals surface area (Å²) >= 11 is 0. The number of hydrogen-bond donors (Lipinski definition) is 2. The van der Waals surface area contributed by atoms with Gasteiger partial charge in [0.25, 0.3) is 0 Å². The quantitative estimate of drug-likeness (QED) is 0.657. The largest absolute Gasteiger partial charge is 0.530 e. The minimum atomic E-state index is -0.664. The van der Waals surface area contributed by atoms with Crippen molar-refractivity contribution in [3.8, 4) is 6.07 Å². The molecule has 0 atom stereocenters. The lowest BCUT2D eigenvalue weighted by Gasteiger charge is -2.26. The number of aromatic nitrogens is 2. The summed E-state index contributed by atoms with van der Waals surface area (Å²) in [5, 5.41) is 2.93. The molecule has 1 aliphatic heterocycles. The first-order chi connectivity index (χ1) is 15.9. The SMILES string of the molecule is C=C/C=C(\C=C(/N)N1CCCOC1=O)c1nc([N+]#CC2CCC(NC(C)=O)CC2)ncc1F. The van der Waals surface area contributed by atoms with E-state index in [1.54, 1.807) is 0 Å². The van der Waals surface area contributed by atoms with Gasteiger partial charge in [-0.3, -0.25) is 9.69 Å². The normalized spacial score (nSPS) is 21.5. The van der Waals surface area contributed by atoms with Gasteiger partial charge in [-0.15, -0.1) is 0 Å². The highest BCUT2D eigenvalue weighted by molar-refractivity contribution is 5.77. The van der Waals surface area contributed by atoms with E-state index < -0.39 is 11.9 Å². The molecule has 1 aromatic heterocycles. The minimum Gasteiger partial charge on any atom is -0.449 e. The standard InChI is InChI=1S/C23H27FN6O3/c1-3-5-17(12-20(25)30-10-4-11-33-23(30)32)21-19(24)14-27-22(29-21)26-13-16-6-8-18(9-7-16)28-15(2)31/h3,5,12,14,16,18H,1,4,6-11,25H2,2H3/p+1/b17-5+,20-12+. The first kappa shape index (κ1) is 23.9. The van der Waals surface area contributed by atoms with Crippen LogP contribution in [0.4, 0.5) is 15.1 Å². The second-order valence-electron chi connectivity index (χ2n) is 7.90. The molecule has 0 radical (unpaired) electrons. The van der Waals surface area contributed by atoms with E-state index in [2.05, 4.69) is 32.8 Å². The van der Waals surface area contributed by atoms with Crippen molar-refractivity contribution in [2.75, 3.05) is 13.2 Å². The Bertz CT molecular complexity index is 1030. The van der Waals surface area contributed by atoms with Crippen molar-refractivity contribution in [2.45, 2.75) is 45.1 Å². The molecule has 174 valence electrons. The van der Waals surface area contributed by atoms with Crippen molar-refractivity contribution in [3.05, 3.63) is 53.2 Å². The van der Waals surface area contributed by atoms with Crippen molar-refractivity contribution >= 4 is 23.5 Å². The summed E-state index contributed by atoms with van der Waals surface area (Å²) in [6, 6.07) is 3.22. The number of nitrogens with two attached hydrogens (primary N) is 1. The number of allylic oxidation sites excluding steroid dienone is 4. The van der Waals surface area contributed by atoms with Crippen LogP contribution in [0.3, 0.4) is 0 Å². The van der Waals surface area contributed by atoms with E-state index in [9.17, 15) is 14.0 Å². The number of amides is 2. The molecule has 3 N–H and O–H groups in total. The number of nitrogens with one attached hydrogen (secondary N) is 1. The second-order valence-corrected chi connectivity index (χ2v) is 7.90. The van der Waals surface area contributed by atoms with Gasteiger partial charge in [0, 0.05) is 25.1 Å². The zero-order chi connectivity index (χ0) is 23.8. The van der Waals surface area contributed by atoms with Crippen LogP contribution in [-0.2, 0) is 9.53 Å². The number of carbonyl (C=O) groups excluding carboxylic acids is 2. The molecule has 3 rings (SSSR count). The third-order valence-corrected chi connectivity index (χ3v) is 5.37. The number of rotatable bonds is 5. The first-order valence-electron chi connectivity index (χ1n) is 10.9. The van der Waals surface area contributed by atoms with Crippen LogP contribution in [0.5, 0.6) is 0 Å². The molecule has 0 unspecified atom stereocenters. The fourth-order valence-electron chi connectivity index (χ4n) is 3.76. The van der Waals surface area contributed by atoms with Gasteiger partial charge in [0.15, 0.2) is 5.69 Å². The monoisotopic (exact) mass is 455 g/mol. The maximum Gasteiger partial charge on any atom is 0.530 e. The molecule has 9 nitrogen and oxygen atoms in total. The van der Waals surface area contributed by atoms with E-state index in [1.807, 2.05) is 0 Å². The summed E-state index contributed by atoms with van der Waals surface area (Å²) in [5.74, 6) is -0.411. The lowest BCUT2D eigenvalue weighted by molar-refractivity contribution is -0.119. The van der Waals surface area contributed by atoms with Gasteiger partial charge in [-0.05, 0) is 43.2 Å². The van der Waals surface area contributed by atoms with E-state index in [-0.39, 0.29) is 35.3 Å². The van der Waals surface area contributed by atoms with E-state index in [0.29, 0.717) is 25.1 Å². The van der Waals surface area contributed by atoms with Crippen molar-refractivity contribution in [2.24, 2.45) is 11.7 Å². The lowest BCUT2D eigenvalue weighted by atomic mass is 9.87. The second kappa shape index (κ2) is 11.2. The van der Waals surface area contributed by atoms with Gasteiger partial charge in [-0.1, -0.05) is 23.7 Å². The van der Waals surface area contributed by atoms with Crippen LogP contribution in [0.1, 0.15) is 44.7 Å². The maximum absolute atomic E-state index is 14.6. The highest BCUT2D eigenvalue weighted by Crippen LogP contribution is 2.25. The summed E-state index contributed by atoms with van der Waals surface area (Å²) in [6.07, 6.45) is 8.92. The molecule has 1 aliphatic carbocycles. The Balaban J connectivity index is 1.77. The average molecular weight is 456 g/mol. The van der Waals surface area contributed by atoms with Crippen molar-refractivity contribution in [1.82, 2.24) is 20.2 Å². The molecule has 0 spiro atoms. The number of cyclic esters (lactones) is 1. The number of nitrogens with zero attached hydrogens (tertiary/aromatic N) is 4. The Hall–Kier alpha value is -3.74. The zero-order valence-electron chi connectivity index (χ0n) is 18.6. The van der Waals surface area contributed by atoms with Crippen LogP contribution in [0.2, 0.25) is 0 Å². The Labute approximate surface area is 192 Å². The summed E-state index contributed by atoms with van der Waals surface area (Å²) in [4.78, 5) is 36.8. The first-order valence-corrected chi connectivity index (χ1v) is 10.9. The number of halogens is 1. The molecule has 1 saturated heterocycles. The molecule has 33 heavy (non-hydrogen) atoms. The predicted octanol–water partition coefficient (Wildman–Crippen LogP) is 3.49. The molecule has 10 heteroatoms. The van der Waals surface area contributed by atoms with Crippen LogP contribution in [0, 0.1) is 17.8 Å². The van der Waals surface area contributed by atoms with Crippen molar-refractivity contribution < 1.29 is 18.7 Å². The number of hydrogen-bond acceptors (Lipinski definition) is 6.